The van der Waals surface area contributed by atoms with Crippen molar-refractivity contribution in [2.24, 2.45) is 0 Å². The van der Waals surface area contributed by atoms with Crippen LogP contribution >= 0.6 is 0 Å². The Hall–Kier alpha value is -2.58. The van der Waals surface area contributed by atoms with Crippen molar-refractivity contribution >= 4 is 17.5 Å². The highest BCUT2D eigenvalue weighted by Crippen LogP contribution is 2.18. The van der Waals surface area contributed by atoms with E-state index in [4.69, 9.17) is 0 Å². The standard InChI is InChI=1S/C13H14F3N5O/c1-8-3-4-10(9(2)17-8)18-12(22)19-11-5-6-21(20-11)7-13(14,15)16/h3-6H,7H2,1-2H3,(H2,18,19,20,22). The normalized spacial score (nSPS) is 11.3. The van der Waals surface area contributed by atoms with Crippen LogP contribution in [0.15, 0.2) is 24.4 Å². The van der Waals surface area contributed by atoms with Gasteiger partial charge in [0.1, 0.15) is 6.54 Å². The molecule has 2 aromatic rings. The van der Waals surface area contributed by atoms with Gasteiger partial charge in [-0.05, 0) is 26.0 Å². The van der Waals surface area contributed by atoms with E-state index in [-0.39, 0.29) is 5.82 Å². The van der Waals surface area contributed by atoms with Crippen LogP contribution in [0.3, 0.4) is 0 Å². The Morgan fingerprint density at radius 2 is 1.95 bits per heavy atom. The first-order chi connectivity index (χ1) is 10.2. The van der Waals surface area contributed by atoms with Crippen LogP contribution in [-0.4, -0.2) is 27.0 Å². The molecule has 2 aromatic heterocycles. The van der Waals surface area contributed by atoms with Crippen molar-refractivity contribution in [1.29, 1.82) is 0 Å². The second-order valence-electron chi connectivity index (χ2n) is 4.68. The summed E-state index contributed by atoms with van der Waals surface area (Å²) < 4.78 is 37.3. The van der Waals surface area contributed by atoms with Gasteiger partial charge in [-0.25, -0.2) is 4.79 Å². The van der Waals surface area contributed by atoms with Gasteiger partial charge < -0.3 is 5.32 Å². The van der Waals surface area contributed by atoms with Crippen molar-refractivity contribution in [1.82, 2.24) is 14.8 Å². The predicted octanol–water partition coefficient (Wildman–Crippen LogP) is 3.10. The van der Waals surface area contributed by atoms with E-state index < -0.39 is 18.8 Å². The van der Waals surface area contributed by atoms with Gasteiger partial charge in [0.25, 0.3) is 0 Å². The fourth-order valence-corrected chi connectivity index (χ4v) is 1.79. The molecule has 0 radical (unpaired) electrons. The molecule has 118 valence electrons. The lowest BCUT2D eigenvalue weighted by Gasteiger charge is -2.08. The minimum absolute atomic E-state index is 0.0273. The molecule has 0 aliphatic heterocycles. The number of nitrogens with one attached hydrogen (secondary N) is 2. The van der Waals surface area contributed by atoms with Crippen molar-refractivity contribution in [3.05, 3.63) is 35.8 Å². The first-order valence-corrected chi connectivity index (χ1v) is 6.35. The molecule has 2 rings (SSSR count). The zero-order chi connectivity index (χ0) is 16.3. The summed E-state index contributed by atoms with van der Waals surface area (Å²) in [6.45, 7) is 2.35. The number of aromatic nitrogens is 3. The third-order valence-corrected chi connectivity index (χ3v) is 2.70. The van der Waals surface area contributed by atoms with Crippen molar-refractivity contribution in [3.8, 4) is 0 Å². The van der Waals surface area contributed by atoms with Gasteiger partial charge >= 0.3 is 12.2 Å². The first-order valence-electron chi connectivity index (χ1n) is 6.35. The molecule has 0 atom stereocenters. The van der Waals surface area contributed by atoms with Crippen molar-refractivity contribution in [2.75, 3.05) is 10.6 Å². The number of hydrogen-bond donors (Lipinski definition) is 2. The number of rotatable bonds is 3. The summed E-state index contributed by atoms with van der Waals surface area (Å²) in [5.74, 6) is 0.0273. The zero-order valence-electron chi connectivity index (χ0n) is 11.9. The topological polar surface area (TPSA) is 71.8 Å². The van der Waals surface area contributed by atoms with E-state index >= 15 is 0 Å². The number of carbonyl (C=O) groups excluding carboxylic acids is 1. The molecular formula is C13H14F3N5O. The van der Waals surface area contributed by atoms with E-state index in [9.17, 15) is 18.0 Å². The molecule has 22 heavy (non-hydrogen) atoms. The number of urea groups is 1. The SMILES string of the molecule is Cc1ccc(NC(=O)Nc2ccn(CC(F)(F)F)n2)c(C)n1. The number of hydrogen-bond acceptors (Lipinski definition) is 3. The Labute approximate surface area is 124 Å². The second kappa shape index (κ2) is 6.04. The van der Waals surface area contributed by atoms with Gasteiger partial charge in [0.05, 0.1) is 11.4 Å². The van der Waals surface area contributed by atoms with Gasteiger partial charge in [-0.1, -0.05) is 0 Å². The van der Waals surface area contributed by atoms with E-state index in [0.29, 0.717) is 16.1 Å². The molecule has 9 heteroatoms. The summed E-state index contributed by atoms with van der Waals surface area (Å²) >= 11 is 0. The molecule has 0 saturated carbocycles. The number of amides is 2. The third kappa shape index (κ3) is 4.47. The maximum absolute atomic E-state index is 12.2. The Bertz CT molecular complexity index is 681. The Morgan fingerprint density at radius 3 is 2.59 bits per heavy atom. The molecule has 0 aliphatic carbocycles. The average Bonchev–Trinajstić information content (AvgIpc) is 2.77. The van der Waals surface area contributed by atoms with Crippen molar-refractivity contribution in [3.63, 3.8) is 0 Å². The summed E-state index contributed by atoms with van der Waals surface area (Å²) in [7, 11) is 0. The highest BCUT2D eigenvalue weighted by Gasteiger charge is 2.28. The number of carbonyl (C=O) groups is 1. The fraction of sp³-hybridized carbons (Fsp3) is 0.308. The van der Waals surface area contributed by atoms with E-state index in [0.717, 1.165) is 11.9 Å². The maximum Gasteiger partial charge on any atom is 0.408 e. The molecular weight excluding hydrogens is 299 g/mol. The van der Waals surface area contributed by atoms with Crippen LogP contribution in [0, 0.1) is 13.8 Å². The minimum Gasteiger partial charge on any atom is -0.306 e. The number of aryl methyl sites for hydroxylation is 2. The van der Waals surface area contributed by atoms with Gasteiger partial charge in [0.2, 0.25) is 0 Å². The number of anilines is 2. The van der Waals surface area contributed by atoms with Crippen LogP contribution < -0.4 is 10.6 Å². The van der Waals surface area contributed by atoms with E-state index in [1.165, 1.54) is 6.07 Å². The fourth-order valence-electron chi connectivity index (χ4n) is 1.79. The van der Waals surface area contributed by atoms with E-state index in [1.54, 1.807) is 19.1 Å². The molecule has 0 bridgehead atoms. The molecule has 0 fully saturated rings. The van der Waals surface area contributed by atoms with Crippen LogP contribution in [0.5, 0.6) is 0 Å². The molecule has 0 spiro atoms. The van der Waals surface area contributed by atoms with Gasteiger partial charge in [-0.15, -0.1) is 0 Å². The summed E-state index contributed by atoms with van der Waals surface area (Å²) in [6, 6.07) is 4.11. The highest BCUT2D eigenvalue weighted by atomic mass is 19.4. The summed E-state index contributed by atoms with van der Waals surface area (Å²) in [5, 5.41) is 8.54. The van der Waals surface area contributed by atoms with Gasteiger partial charge in [0.15, 0.2) is 5.82 Å². The number of nitrogens with zero attached hydrogens (tertiary/aromatic N) is 3. The molecule has 0 saturated heterocycles. The lowest BCUT2D eigenvalue weighted by molar-refractivity contribution is -0.142. The minimum atomic E-state index is -4.36. The Morgan fingerprint density at radius 1 is 1.23 bits per heavy atom. The highest BCUT2D eigenvalue weighted by molar-refractivity contribution is 5.99. The van der Waals surface area contributed by atoms with Crippen LogP contribution in [0.1, 0.15) is 11.4 Å². The molecule has 6 nitrogen and oxygen atoms in total. The molecule has 0 aromatic carbocycles. The zero-order valence-corrected chi connectivity index (χ0v) is 11.9. The van der Waals surface area contributed by atoms with Crippen LogP contribution in [0.4, 0.5) is 29.5 Å². The summed E-state index contributed by atoms with van der Waals surface area (Å²) in [4.78, 5) is 16.0. The Kier molecular flexibility index (Phi) is 4.34. The summed E-state index contributed by atoms with van der Waals surface area (Å²) in [5.41, 5.74) is 1.96. The molecule has 2 amide bonds. The first kappa shape index (κ1) is 15.8. The maximum atomic E-state index is 12.2. The van der Waals surface area contributed by atoms with Crippen LogP contribution in [-0.2, 0) is 6.54 Å². The monoisotopic (exact) mass is 313 g/mol. The lowest BCUT2D eigenvalue weighted by Crippen LogP contribution is -2.21. The Balaban J connectivity index is 1.97. The molecule has 2 heterocycles. The molecule has 0 aliphatic rings. The van der Waals surface area contributed by atoms with Gasteiger partial charge in [-0.2, -0.15) is 18.3 Å². The lowest BCUT2D eigenvalue weighted by atomic mass is 10.3. The smallest absolute Gasteiger partial charge is 0.306 e. The van der Waals surface area contributed by atoms with Crippen LogP contribution in [0.25, 0.3) is 0 Å². The van der Waals surface area contributed by atoms with E-state index in [1.807, 2.05) is 6.92 Å². The van der Waals surface area contributed by atoms with Gasteiger partial charge in [-0.3, -0.25) is 15.0 Å². The van der Waals surface area contributed by atoms with Crippen LogP contribution in [0.2, 0.25) is 0 Å². The predicted molar refractivity (Wildman–Crippen MR) is 74.6 cm³/mol. The number of pyridine rings is 1. The second-order valence-corrected chi connectivity index (χ2v) is 4.68. The van der Waals surface area contributed by atoms with Crippen molar-refractivity contribution in [2.45, 2.75) is 26.6 Å². The van der Waals surface area contributed by atoms with Gasteiger partial charge in [0, 0.05) is 18.0 Å². The summed E-state index contributed by atoms with van der Waals surface area (Å²) in [6.07, 6.45) is -3.22. The third-order valence-electron chi connectivity index (χ3n) is 2.70. The largest absolute Gasteiger partial charge is 0.408 e. The molecule has 0 unspecified atom stereocenters. The van der Waals surface area contributed by atoms with E-state index in [2.05, 4.69) is 20.7 Å². The van der Waals surface area contributed by atoms with Crippen molar-refractivity contribution < 1.29 is 18.0 Å². The molecule has 2 N–H and O–H groups in total. The number of halogens is 3. The quantitative estimate of drug-likeness (QED) is 0.914. The average molecular weight is 313 g/mol. The number of alkyl halides is 3.